The fourth-order valence-electron chi connectivity index (χ4n) is 1.49. The zero-order chi connectivity index (χ0) is 9.10. The van der Waals surface area contributed by atoms with Crippen molar-refractivity contribution in [3.63, 3.8) is 0 Å². The smallest absolute Gasteiger partial charge is 0.699 e. The van der Waals surface area contributed by atoms with Gasteiger partial charge < -0.3 is 30.2 Å². The van der Waals surface area contributed by atoms with Crippen molar-refractivity contribution in [2.24, 2.45) is 0 Å². The van der Waals surface area contributed by atoms with Crippen molar-refractivity contribution in [1.82, 2.24) is 0 Å². The van der Waals surface area contributed by atoms with Crippen LogP contribution in [0.25, 0.3) is 5.73 Å². The normalized spacial score (nSPS) is 14.1. The Hall–Kier alpha value is -0.688. The van der Waals surface area contributed by atoms with Gasteiger partial charge in [0.1, 0.15) is 0 Å². The summed E-state index contributed by atoms with van der Waals surface area (Å²) in [7, 11) is 0. The second-order valence-electron chi connectivity index (χ2n) is 3.15. The minimum atomic E-state index is 0. The van der Waals surface area contributed by atoms with E-state index in [1.54, 1.807) is 0 Å². The van der Waals surface area contributed by atoms with Gasteiger partial charge in [0.2, 0.25) is 0 Å². The summed E-state index contributed by atoms with van der Waals surface area (Å²) in [4.78, 5) is 2.28. The van der Waals surface area contributed by atoms with Crippen molar-refractivity contribution < 1.29 is 4.74 Å². The van der Waals surface area contributed by atoms with Crippen LogP contribution in [0.3, 0.4) is 0 Å². The van der Waals surface area contributed by atoms with Gasteiger partial charge in [-0.25, -0.2) is 0 Å². The molecule has 4 heteroatoms. The molecule has 0 radical (unpaired) electrons. The molecule has 1 fully saturated rings. The van der Waals surface area contributed by atoms with E-state index >= 15 is 0 Å². The first-order valence-electron chi connectivity index (χ1n) is 4.50. The maximum absolute atomic E-state index is 7.36. The third kappa shape index (κ3) is 4.44. The molecule has 2 rings (SSSR count). The van der Waals surface area contributed by atoms with Crippen molar-refractivity contribution in [3.05, 3.63) is 44.9 Å². The summed E-state index contributed by atoms with van der Waals surface area (Å²) < 4.78 is 5.27. The number of hydrogen-bond donors (Lipinski definition) is 0. The Bertz CT molecular complexity index is 271. The van der Waals surface area contributed by atoms with Crippen LogP contribution < -0.4 is 4.90 Å². The minimum absolute atomic E-state index is 0. The van der Waals surface area contributed by atoms with Crippen LogP contribution in [0, 0.1) is 14.9 Å². The predicted molar refractivity (Wildman–Crippen MR) is 72.0 cm³/mol. The molecule has 3 nitrogen and oxygen atoms in total. The third-order valence-electron chi connectivity index (χ3n) is 2.24. The van der Waals surface area contributed by atoms with Crippen LogP contribution >= 0.6 is 0 Å². The molecular weight excluding hydrogens is 215 g/mol. The van der Waals surface area contributed by atoms with Gasteiger partial charge in [-0.3, -0.25) is 0 Å². The summed E-state index contributed by atoms with van der Waals surface area (Å²) in [5.41, 5.74) is 9.12. The van der Waals surface area contributed by atoms with Gasteiger partial charge in [-0.05, 0) is 12.1 Å². The van der Waals surface area contributed by atoms with Gasteiger partial charge in [0.05, 0.1) is 13.2 Å². The van der Waals surface area contributed by atoms with Crippen molar-refractivity contribution >= 4 is 28.7 Å². The molecule has 1 saturated heterocycles. The van der Waals surface area contributed by atoms with E-state index in [4.69, 9.17) is 10.5 Å². The Morgan fingerprint density at radius 3 is 2.00 bits per heavy atom. The van der Waals surface area contributed by atoms with E-state index < -0.39 is 0 Å². The molecule has 1 aliphatic rings. The Labute approximate surface area is 110 Å². The zero-order valence-corrected chi connectivity index (χ0v) is 11.2. The number of morpholine rings is 1. The molecule has 0 amide bonds. The average Bonchev–Trinajstić information content (AvgIpc) is 2.20. The number of ether oxygens (including phenoxy) is 1. The molecule has 0 unspecified atom stereocenters. The molecule has 0 saturated carbocycles. The molecule has 0 bridgehead atoms. The molecule has 1 aromatic carbocycles. The molecule has 0 aromatic heterocycles. The van der Waals surface area contributed by atoms with E-state index in [1.165, 1.54) is 5.69 Å². The van der Waals surface area contributed by atoms with Crippen LogP contribution in [0.4, 0.5) is 11.4 Å². The quantitative estimate of drug-likeness (QED) is 0.553. The van der Waals surface area contributed by atoms with Crippen molar-refractivity contribution in [2.75, 3.05) is 31.2 Å². The molecule has 0 aliphatic carbocycles. The van der Waals surface area contributed by atoms with Crippen LogP contribution in [-0.2, 0) is 4.74 Å². The summed E-state index contributed by atoms with van der Waals surface area (Å²) in [6.45, 7) is 3.53. The van der Waals surface area contributed by atoms with E-state index in [0.29, 0.717) is 5.69 Å². The van der Waals surface area contributed by atoms with Crippen molar-refractivity contribution in [1.29, 1.82) is 0 Å². The SMILES string of the molecule is [Al+3].[CH3-].[CH3-].[NH-]c1ccc(N2CCOCC2)cc1. The fraction of sp³-hybridized carbons (Fsp3) is 0.333. The fourth-order valence-corrected chi connectivity index (χ4v) is 1.49. The van der Waals surface area contributed by atoms with E-state index in [-0.39, 0.29) is 32.2 Å². The van der Waals surface area contributed by atoms with E-state index in [0.717, 1.165) is 26.3 Å². The molecule has 0 spiro atoms. The minimum Gasteiger partial charge on any atom is -0.699 e. The van der Waals surface area contributed by atoms with Crippen LogP contribution in [-0.4, -0.2) is 43.7 Å². The Morgan fingerprint density at radius 2 is 1.50 bits per heavy atom. The zero-order valence-electron chi connectivity index (χ0n) is 10.1. The average molecular weight is 234 g/mol. The van der Waals surface area contributed by atoms with Crippen LogP contribution in [0.15, 0.2) is 24.3 Å². The first-order valence-corrected chi connectivity index (χ1v) is 4.50. The van der Waals surface area contributed by atoms with Crippen LogP contribution in [0.2, 0.25) is 0 Å². The van der Waals surface area contributed by atoms with E-state index in [2.05, 4.69) is 4.90 Å². The monoisotopic (exact) mass is 234 g/mol. The molecule has 1 aromatic rings. The second kappa shape index (κ2) is 8.46. The maximum atomic E-state index is 7.36. The first kappa shape index (κ1) is 17.7. The number of nitrogens with one attached hydrogen (secondary N) is 1. The summed E-state index contributed by atoms with van der Waals surface area (Å²) >= 11 is 0. The molecule has 1 N–H and O–H groups in total. The topological polar surface area (TPSA) is 36.3 Å². The summed E-state index contributed by atoms with van der Waals surface area (Å²) in [6, 6.07) is 7.64. The maximum Gasteiger partial charge on any atom is 3.00 e. The number of anilines is 1. The predicted octanol–water partition coefficient (Wildman–Crippen LogP) is 2.73. The van der Waals surface area contributed by atoms with Gasteiger partial charge in [0, 0.05) is 18.8 Å². The Kier molecular flexibility index (Phi) is 9.36. The summed E-state index contributed by atoms with van der Waals surface area (Å²) in [5, 5.41) is 0. The Balaban J connectivity index is 0. The van der Waals surface area contributed by atoms with Crippen LogP contribution in [0.1, 0.15) is 0 Å². The number of rotatable bonds is 1. The van der Waals surface area contributed by atoms with Gasteiger partial charge in [0.25, 0.3) is 0 Å². The summed E-state index contributed by atoms with van der Waals surface area (Å²) in [6.07, 6.45) is 0. The van der Waals surface area contributed by atoms with E-state index in [9.17, 15) is 0 Å². The third-order valence-corrected chi connectivity index (χ3v) is 2.24. The van der Waals surface area contributed by atoms with Crippen molar-refractivity contribution in [3.8, 4) is 0 Å². The van der Waals surface area contributed by atoms with Crippen molar-refractivity contribution in [2.45, 2.75) is 0 Å². The molecular formula is C12H19AlN2O. The molecule has 1 aliphatic heterocycles. The van der Waals surface area contributed by atoms with E-state index in [1.807, 2.05) is 24.3 Å². The van der Waals surface area contributed by atoms with Gasteiger partial charge in [0.15, 0.2) is 0 Å². The number of benzene rings is 1. The van der Waals surface area contributed by atoms with Crippen LogP contribution in [0.5, 0.6) is 0 Å². The van der Waals surface area contributed by atoms with Gasteiger partial charge in [-0.15, -0.1) is 5.69 Å². The second-order valence-corrected chi connectivity index (χ2v) is 3.15. The first-order chi connectivity index (χ1) is 6.36. The number of hydrogen-bond acceptors (Lipinski definition) is 2. The Morgan fingerprint density at radius 1 is 1.00 bits per heavy atom. The number of nitrogens with zero attached hydrogens (tertiary/aromatic N) is 1. The largest absolute Gasteiger partial charge is 3.00 e. The molecule has 86 valence electrons. The van der Waals surface area contributed by atoms with Gasteiger partial charge in [-0.1, -0.05) is 12.1 Å². The molecule has 16 heavy (non-hydrogen) atoms. The standard InChI is InChI=1S/C10H13N2O.2CH3.Al/c11-9-1-3-10(4-2-9)12-5-7-13-8-6-12;;;/h1-4,11H,5-8H2;2*1H3;/q3*-1;+3. The van der Waals surface area contributed by atoms with Gasteiger partial charge >= 0.3 is 17.4 Å². The molecule has 0 atom stereocenters. The van der Waals surface area contributed by atoms with Gasteiger partial charge in [-0.2, -0.15) is 0 Å². The summed E-state index contributed by atoms with van der Waals surface area (Å²) in [5.74, 6) is 0. The molecule has 1 heterocycles.